The second-order valence-corrected chi connectivity index (χ2v) is 7.68. The van der Waals surface area contributed by atoms with Gasteiger partial charge in [-0.3, -0.25) is 10.1 Å². The molecule has 6 aromatic rings. The highest BCUT2D eigenvalue weighted by Crippen LogP contribution is 2.33. The lowest BCUT2D eigenvalue weighted by molar-refractivity contribution is 0.657. The summed E-state index contributed by atoms with van der Waals surface area (Å²) in [6.07, 6.45) is 5.14. The minimum absolute atomic E-state index is 0.235. The first-order valence-electron chi connectivity index (χ1n) is 9.12. The molecule has 0 aromatic carbocycles. The summed E-state index contributed by atoms with van der Waals surface area (Å²) < 4.78 is 13.5. The zero-order valence-electron chi connectivity index (χ0n) is 15.3. The van der Waals surface area contributed by atoms with E-state index in [0.717, 1.165) is 44.1 Å². The predicted molar refractivity (Wildman–Crippen MR) is 113 cm³/mol. The van der Waals surface area contributed by atoms with E-state index < -0.39 is 0 Å². The van der Waals surface area contributed by atoms with E-state index in [1.807, 2.05) is 30.3 Å². The van der Waals surface area contributed by atoms with Crippen LogP contribution in [0.15, 0.2) is 61.1 Å². The number of nitrogens with zero attached hydrogens (tertiary/aromatic N) is 5. The van der Waals surface area contributed by atoms with E-state index >= 15 is 0 Å². The van der Waals surface area contributed by atoms with Gasteiger partial charge in [0.1, 0.15) is 5.52 Å². The summed E-state index contributed by atoms with van der Waals surface area (Å²) in [5.74, 6) is 0.549. The van der Waals surface area contributed by atoms with Crippen molar-refractivity contribution in [3.05, 3.63) is 66.2 Å². The van der Waals surface area contributed by atoms with Gasteiger partial charge in [-0.2, -0.15) is 9.49 Å². The predicted octanol–water partition coefficient (Wildman–Crippen LogP) is 4.83. The minimum Gasteiger partial charge on any atom is -0.335 e. The van der Waals surface area contributed by atoms with Crippen LogP contribution < -0.4 is 0 Å². The molecule has 7 nitrogen and oxygen atoms in total. The lowest BCUT2D eigenvalue weighted by Gasteiger charge is -2.00. The summed E-state index contributed by atoms with van der Waals surface area (Å²) >= 11 is 1.08. The van der Waals surface area contributed by atoms with E-state index in [-0.39, 0.29) is 5.13 Å². The van der Waals surface area contributed by atoms with Crippen LogP contribution in [-0.4, -0.2) is 35.1 Å². The maximum absolute atomic E-state index is 13.5. The molecule has 0 bridgehead atoms. The molecular weight excluding hydrogens is 401 g/mol. The number of aromatic nitrogens is 7. The van der Waals surface area contributed by atoms with Crippen molar-refractivity contribution < 1.29 is 4.39 Å². The molecule has 30 heavy (non-hydrogen) atoms. The quantitative estimate of drug-likeness (QED) is 0.433. The van der Waals surface area contributed by atoms with Crippen LogP contribution in [0.1, 0.15) is 0 Å². The molecule has 0 spiro atoms. The van der Waals surface area contributed by atoms with Crippen LogP contribution in [-0.2, 0) is 0 Å². The number of nitrogens with one attached hydrogen (secondary N) is 2. The van der Waals surface area contributed by atoms with Crippen LogP contribution in [0.3, 0.4) is 0 Å². The van der Waals surface area contributed by atoms with Crippen LogP contribution in [0.5, 0.6) is 0 Å². The molecule has 0 aliphatic heterocycles. The van der Waals surface area contributed by atoms with E-state index in [1.54, 1.807) is 24.7 Å². The summed E-state index contributed by atoms with van der Waals surface area (Å²) in [7, 11) is 0. The van der Waals surface area contributed by atoms with Gasteiger partial charge in [-0.25, -0.2) is 15.0 Å². The van der Waals surface area contributed by atoms with E-state index in [0.29, 0.717) is 22.7 Å². The summed E-state index contributed by atoms with van der Waals surface area (Å²) in [6.45, 7) is 0. The lowest BCUT2D eigenvalue weighted by Crippen LogP contribution is -1.87. The van der Waals surface area contributed by atoms with E-state index in [4.69, 9.17) is 4.98 Å². The average Bonchev–Trinajstić information content (AvgIpc) is 3.51. The molecule has 0 aliphatic carbocycles. The Bertz CT molecular complexity index is 1520. The smallest absolute Gasteiger partial charge is 0.178 e. The summed E-state index contributed by atoms with van der Waals surface area (Å²) in [4.78, 5) is 21.9. The Kier molecular flexibility index (Phi) is 3.68. The van der Waals surface area contributed by atoms with Gasteiger partial charge in [0.05, 0.1) is 16.7 Å². The van der Waals surface area contributed by atoms with Crippen molar-refractivity contribution in [3.63, 3.8) is 0 Å². The first-order valence-corrected chi connectivity index (χ1v) is 9.94. The van der Waals surface area contributed by atoms with Crippen molar-refractivity contribution in [2.24, 2.45) is 0 Å². The molecule has 9 heteroatoms. The summed E-state index contributed by atoms with van der Waals surface area (Å²) in [6, 6.07) is 12.7. The fraction of sp³-hybridized carbons (Fsp3) is 0. The Morgan fingerprint density at radius 3 is 2.63 bits per heavy atom. The van der Waals surface area contributed by atoms with Crippen molar-refractivity contribution in [2.45, 2.75) is 0 Å². The summed E-state index contributed by atoms with van der Waals surface area (Å²) in [5.41, 5.74) is 6.00. The summed E-state index contributed by atoms with van der Waals surface area (Å²) in [5, 5.41) is 7.19. The first kappa shape index (κ1) is 16.9. The van der Waals surface area contributed by atoms with Gasteiger partial charge in [-0.1, -0.05) is 0 Å². The SMILES string of the molecule is Fc1ccc(-c2ccnc3nc(-c4n[nH]c5ccc(-c6ccncc6)nc45)[nH]c23)s1. The number of imidazole rings is 1. The zero-order valence-corrected chi connectivity index (χ0v) is 16.1. The van der Waals surface area contributed by atoms with Crippen LogP contribution >= 0.6 is 11.3 Å². The normalized spacial score (nSPS) is 11.5. The van der Waals surface area contributed by atoms with E-state index in [1.165, 1.54) is 6.07 Å². The van der Waals surface area contributed by atoms with Crippen LogP contribution in [0, 0.1) is 5.13 Å². The Hall–Kier alpha value is -3.98. The molecule has 0 fully saturated rings. The number of aromatic amines is 2. The topological polar surface area (TPSA) is 96.0 Å². The number of pyridine rings is 3. The number of halogens is 1. The Morgan fingerprint density at radius 2 is 1.80 bits per heavy atom. The Morgan fingerprint density at radius 1 is 0.900 bits per heavy atom. The fourth-order valence-corrected chi connectivity index (χ4v) is 4.20. The van der Waals surface area contributed by atoms with Gasteiger partial charge < -0.3 is 4.98 Å². The second kappa shape index (κ2) is 6.53. The molecule has 6 heterocycles. The van der Waals surface area contributed by atoms with Gasteiger partial charge >= 0.3 is 0 Å². The van der Waals surface area contributed by atoms with Crippen molar-refractivity contribution in [1.82, 2.24) is 35.1 Å². The van der Waals surface area contributed by atoms with Crippen molar-refractivity contribution >= 4 is 33.5 Å². The van der Waals surface area contributed by atoms with Crippen LogP contribution in [0.25, 0.3) is 55.4 Å². The molecule has 144 valence electrons. The monoisotopic (exact) mass is 413 g/mol. The number of hydrogen-bond acceptors (Lipinski definition) is 6. The largest absolute Gasteiger partial charge is 0.335 e. The lowest BCUT2D eigenvalue weighted by atomic mass is 10.1. The second-order valence-electron chi connectivity index (χ2n) is 6.65. The molecule has 0 atom stereocenters. The van der Waals surface area contributed by atoms with E-state index in [9.17, 15) is 4.39 Å². The molecule has 2 N–H and O–H groups in total. The molecule has 0 saturated carbocycles. The first-order chi connectivity index (χ1) is 14.8. The van der Waals surface area contributed by atoms with Crippen molar-refractivity contribution in [3.8, 4) is 33.2 Å². The molecule has 0 aliphatic rings. The third kappa shape index (κ3) is 2.67. The highest BCUT2D eigenvalue weighted by molar-refractivity contribution is 7.14. The van der Waals surface area contributed by atoms with Gasteiger partial charge in [0.2, 0.25) is 0 Å². The van der Waals surface area contributed by atoms with Gasteiger partial charge in [0.25, 0.3) is 0 Å². The number of hydrogen-bond donors (Lipinski definition) is 2. The highest BCUT2D eigenvalue weighted by Gasteiger charge is 2.17. The van der Waals surface area contributed by atoms with Crippen molar-refractivity contribution in [1.29, 1.82) is 0 Å². The molecule has 0 saturated heterocycles. The minimum atomic E-state index is -0.235. The van der Waals surface area contributed by atoms with Gasteiger partial charge in [-0.05, 0) is 42.5 Å². The highest BCUT2D eigenvalue weighted by atomic mass is 32.1. The molecular formula is C21H12FN7S. The molecule has 0 amide bonds. The number of thiophene rings is 1. The maximum Gasteiger partial charge on any atom is 0.178 e. The third-order valence-electron chi connectivity index (χ3n) is 4.84. The fourth-order valence-electron chi connectivity index (χ4n) is 3.44. The standard InChI is InChI=1S/C21H12FN7S/c22-16-4-3-15(30-16)12-7-10-24-20-17(12)26-21(27-20)19-18-14(28-29-19)2-1-13(25-18)11-5-8-23-9-6-11/h1-10H,(H,28,29)(H,24,26,27). The van der Waals surface area contributed by atoms with E-state index in [2.05, 4.69) is 30.1 Å². The number of H-pyrrole nitrogens is 2. The number of fused-ring (bicyclic) bond motifs is 2. The van der Waals surface area contributed by atoms with Crippen molar-refractivity contribution in [2.75, 3.05) is 0 Å². The molecule has 6 rings (SSSR count). The van der Waals surface area contributed by atoms with Crippen LogP contribution in [0.4, 0.5) is 4.39 Å². The van der Waals surface area contributed by atoms with Gasteiger partial charge in [0, 0.05) is 34.6 Å². The Labute approximate surface area is 172 Å². The average molecular weight is 413 g/mol. The molecule has 0 unspecified atom stereocenters. The maximum atomic E-state index is 13.5. The number of rotatable bonds is 3. The Balaban J connectivity index is 1.52. The van der Waals surface area contributed by atoms with Gasteiger partial charge in [-0.15, -0.1) is 11.3 Å². The zero-order chi connectivity index (χ0) is 20.1. The third-order valence-corrected chi connectivity index (χ3v) is 5.75. The van der Waals surface area contributed by atoms with Crippen LogP contribution in [0.2, 0.25) is 0 Å². The van der Waals surface area contributed by atoms with Gasteiger partial charge in [0.15, 0.2) is 22.3 Å². The molecule has 6 aromatic heterocycles. The molecule has 0 radical (unpaired) electrons.